The van der Waals surface area contributed by atoms with Crippen molar-refractivity contribution in [2.75, 3.05) is 26.9 Å². The lowest BCUT2D eigenvalue weighted by atomic mass is 9.41. The summed E-state index contributed by atoms with van der Waals surface area (Å²) in [5, 5.41) is 121. The molecule has 4 saturated carbocycles. The molecule has 0 amide bonds. The van der Waals surface area contributed by atoms with Gasteiger partial charge in [-0.15, -0.1) is 0 Å². The number of aliphatic hydroxyl groups is 11. The van der Waals surface area contributed by atoms with E-state index in [0.29, 0.717) is 25.7 Å². The summed E-state index contributed by atoms with van der Waals surface area (Å²) in [6, 6.07) is 0. The minimum Gasteiger partial charge on any atom is -0.394 e. The highest BCUT2D eigenvalue weighted by Gasteiger charge is 2.73. The van der Waals surface area contributed by atoms with Crippen LogP contribution in [0.15, 0.2) is 12.2 Å². The first kappa shape index (κ1) is 44.6. The maximum Gasteiger partial charge on any atom is 0.187 e. The quantitative estimate of drug-likeness (QED) is 0.0993. The van der Waals surface area contributed by atoms with Gasteiger partial charge in [-0.2, -0.15) is 0 Å². The number of rotatable bonds is 12. The Morgan fingerprint density at radius 1 is 0.786 bits per heavy atom. The standard InChI is InChI=1S/C40H68O16/c1-17(2)19(15-53-37-34(31(50)32(55-37)22(44)14-41)56-36-33(52-6)28(47)23(45)16-54-36)8-7-18(3)25-29(48)30(49)35-39(25,5)12-10-24-38(4)11-9-20(42)27(46)26(38)21(43)13-40(24,35)51/h7-8,17-37,41-51H,9-16H2,1-6H3/b8-7+/t18-,19?,20+,21+,22-,23-,24-,25+,26+,27+,28+,29-,30-,31+,32+,33-,34-,35-,36+,37-,38-,39-,40+/m1/s1. The van der Waals surface area contributed by atoms with Crippen molar-refractivity contribution in [2.45, 2.75) is 158 Å². The summed E-state index contributed by atoms with van der Waals surface area (Å²) in [5.74, 6) is -2.66. The number of hydrogen-bond acceptors (Lipinski definition) is 16. The molecule has 324 valence electrons. The van der Waals surface area contributed by atoms with Crippen molar-refractivity contribution in [1.29, 1.82) is 0 Å². The molecule has 0 radical (unpaired) electrons. The summed E-state index contributed by atoms with van der Waals surface area (Å²) in [4.78, 5) is 0. The average molecular weight is 805 g/mol. The van der Waals surface area contributed by atoms with Gasteiger partial charge >= 0.3 is 0 Å². The van der Waals surface area contributed by atoms with Crippen molar-refractivity contribution in [3.8, 4) is 0 Å². The molecule has 1 unspecified atom stereocenters. The van der Waals surface area contributed by atoms with Gasteiger partial charge in [-0.1, -0.05) is 46.8 Å². The number of aliphatic hydroxyl groups excluding tert-OH is 10. The van der Waals surface area contributed by atoms with E-state index < -0.39 is 127 Å². The molecule has 16 nitrogen and oxygen atoms in total. The summed E-state index contributed by atoms with van der Waals surface area (Å²) < 4.78 is 29.0. The van der Waals surface area contributed by atoms with E-state index in [1.54, 1.807) is 0 Å². The number of methoxy groups -OCH3 is 1. The topological polar surface area (TPSA) is 269 Å². The second-order valence-corrected chi connectivity index (χ2v) is 18.7. The van der Waals surface area contributed by atoms with Crippen LogP contribution in [0, 0.1) is 52.3 Å². The average Bonchev–Trinajstić information content (AvgIpc) is 3.55. The normalized spacial score (nSPS) is 52.4. The van der Waals surface area contributed by atoms with Crippen molar-refractivity contribution < 1.29 is 79.9 Å². The minimum absolute atomic E-state index is 0.0273. The van der Waals surface area contributed by atoms with Gasteiger partial charge in [0.25, 0.3) is 0 Å². The third-order valence-corrected chi connectivity index (χ3v) is 15.2. The molecule has 2 saturated heterocycles. The highest BCUT2D eigenvalue weighted by atomic mass is 16.8. The summed E-state index contributed by atoms with van der Waals surface area (Å²) in [6.07, 6.45) is -11.3. The molecule has 2 heterocycles. The largest absolute Gasteiger partial charge is 0.394 e. The molecule has 6 aliphatic rings. The van der Waals surface area contributed by atoms with Crippen molar-refractivity contribution >= 4 is 0 Å². The van der Waals surface area contributed by atoms with E-state index in [9.17, 15) is 56.2 Å². The number of hydrogen-bond donors (Lipinski definition) is 11. The lowest BCUT2D eigenvalue weighted by molar-refractivity contribution is -0.308. The van der Waals surface area contributed by atoms with Crippen LogP contribution in [-0.4, -0.2) is 175 Å². The fraction of sp³-hybridized carbons (Fsp3) is 0.950. The first-order valence-corrected chi connectivity index (χ1v) is 20.5. The van der Waals surface area contributed by atoms with Gasteiger partial charge in [-0.25, -0.2) is 0 Å². The molecule has 0 aromatic carbocycles. The zero-order chi connectivity index (χ0) is 41.2. The molecule has 0 aromatic heterocycles. The smallest absolute Gasteiger partial charge is 0.187 e. The van der Waals surface area contributed by atoms with E-state index in [-0.39, 0.29) is 43.3 Å². The Kier molecular flexibility index (Phi) is 13.4. The van der Waals surface area contributed by atoms with Gasteiger partial charge in [0.1, 0.15) is 42.7 Å². The molecule has 0 aromatic rings. The van der Waals surface area contributed by atoms with Crippen LogP contribution in [0.5, 0.6) is 0 Å². The predicted molar refractivity (Wildman–Crippen MR) is 196 cm³/mol. The molecule has 2 aliphatic heterocycles. The molecule has 0 bridgehead atoms. The van der Waals surface area contributed by atoms with Crippen LogP contribution in [0.25, 0.3) is 0 Å². The Morgan fingerprint density at radius 2 is 1.46 bits per heavy atom. The Bertz CT molecular complexity index is 1350. The lowest BCUT2D eigenvalue weighted by Gasteiger charge is -2.66. The molecule has 23 atom stereocenters. The molecule has 6 rings (SSSR count). The number of fused-ring (bicyclic) bond motifs is 5. The monoisotopic (exact) mass is 804 g/mol. The van der Waals surface area contributed by atoms with Gasteiger partial charge in [-0.3, -0.25) is 0 Å². The summed E-state index contributed by atoms with van der Waals surface area (Å²) in [7, 11) is 1.31. The molecule has 0 spiro atoms. The Labute approximate surface area is 329 Å². The molecular formula is C40H68O16. The van der Waals surface area contributed by atoms with Crippen molar-refractivity contribution in [3.63, 3.8) is 0 Å². The first-order valence-electron chi connectivity index (χ1n) is 20.5. The zero-order valence-corrected chi connectivity index (χ0v) is 33.4. The van der Waals surface area contributed by atoms with Crippen LogP contribution in [-0.2, 0) is 23.7 Å². The number of ether oxygens (including phenoxy) is 5. The van der Waals surface area contributed by atoms with Crippen LogP contribution in [0.4, 0.5) is 0 Å². The van der Waals surface area contributed by atoms with E-state index in [2.05, 4.69) is 0 Å². The van der Waals surface area contributed by atoms with E-state index in [0.717, 1.165) is 0 Å². The third kappa shape index (κ3) is 7.45. The molecule has 16 heteroatoms. The fourth-order valence-electron chi connectivity index (χ4n) is 12.3. The Balaban J connectivity index is 1.17. The summed E-state index contributed by atoms with van der Waals surface area (Å²) in [6.45, 7) is 9.05. The highest BCUT2D eigenvalue weighted by molar-refractivity contribution is 5.23. The maximum atomic E-state index is 12.7. The van der Waals surface area contributed by atoms with Crippen LogP contribution in [0.2, 0.25) is 0 Å². The lowest BCUT2D eigenvalue weighted by Crippen LogP contribution is -2.71. The van der Waals surface area contributed by atoms with Gasteiger partial charge in [-0.05, 0) is 60.2 Å². The second-order valence-electron chi connectivity index (χ2n) is 18.7. The third-order valence-electron chi connectivity index (χ3n) is 15.2. The van der Waals surface area contributed by atoms with Crippen LogP contribution >= 0.6 is 0 Å². The Morgan fingerprint density at radius 3 is 2.11 bits per heavy atom. The fourth-order valence-corrected chi connectivity index (χ4v) is 12.3. The van der Waals surface area contributed by atoms with E-state index in [4.69, 9.17) is 23.7 Å². The van der Waals surface area contributed by atoms with Crippen LogP contribution in [0.3, 0.4) is 0 Å². The number of allylic oxidation sites excluding steroid dienone is 1. The first-order chi connectivity index (χ1) is 26.3. The highest BCUT2D eigenvalue weighted by Crippen LogP contribution is 2.69. The van der Waals surface area contributed by atoms with E-state index >= 15 is 0 Å². The van der Waals surface area contributed by atoms with E-state index in [1.165, 1.54) is 7.11 Å². The van der Waals surface area contributed by atoms with Crippen molar-refractivity contribution in [2.24, 2.45) is 52.3 Å². The predicted octanol–water partition coefficient (Wildman–Crippen LogP) is -1.60. The van der Waals surface area contributed by atoms with Crippen LogP contribution in [0.1, 0.15) is 66.7 Å². The van der Waals surface area contributed by atoms with Gasteiger partial charge in [0, 0.05) is 31.3 Å². The second kappa shape index (κ2) is 16.9. The van der Waals surface area contributed by atoms with Gasteiger partial charge in [0.05, 0.1) is 55.9 Å². The van der Waals surface area contributed by atoms with E-state index in [1.807, 2.05) is 46.8 Å². The summed E-state index contributed by atoms with van der Waals surface area (Å²) in [5.41, 5.74) is -2.90. The minimum atomic E-state index is -1.51. The molecule has 4 aliphatic carbocycles. The molecule has 11 N–H and O–H groups in total. The Hall–Kier alpha value is -0.900. The van der Waals surface area contributed by atoms with Crippen molar-refractivity contribution in [1.82, 2.24) is 0 Å². The molecular weight excluding hydrogens is 736 g/mol. The van der Waals surface area contributed by atoms with Gasteiger partial charge in [0.2, 0.25) is 0 Å². The van der Waals surface area contributed by atoms with Crippen LogP contribution < -0.4 is 0 Å². The van der Waals surface area contributed by atoms with Crippen molar-refractivity contribution in [3.05, 3.63) is 12.2 Å². The zero-order valence-electron chi connectivity index (χ0n) is 33.4. The SMILES string of the molecule is CO[C@H]1[C@H](O[C@H]2[C@H](OCC(/C=C/[C@@H](C)[C@H]3[C@@H](O)[C@@H](O)[C@@H]4[C@]3(C)CC[C@@H]3[C@@]5(C)CC[C@H](O)[C@H](O)[C@@H]5[C@@H](O)C[C@]34O)C(C)C)O[C@@H]([C@H](O)CO)[C@@H]2O)OC[C@@H](O)[C@@H]1O. The van der Waals surface area contributed by atoms with Gasteiger partial charge < -0.3 is 79.9 Å². The maximum absolute atomic E-state index is 12.7. The molecule has 6 fully saturated rings. The van der Waals surface area contributed by atoms with Gasteiger partial charge in [0.15, 0.2) is 12.6 Å². The summed E-state index contributed by atoms with van der Waals surface area (Å²) >= 11 is 0. The molecule has 56 heavy (non-hydrogen) atoms.